The summed E-state index contributed by atoms with van der Waals surface area (Å²) in [4.78, 5) is -0.0562. The van der Waals surface area contributed by atoms with E-state index >= 15 is 0 Å². The molecule has 0 amide bonds. The molecule has 2 aromatic rings. The molecule has 0 saturated carbocycles. The van der Waals surface area contributed by atoms with E-state index in [9.17, 15) is 0 Å². The molecule has 0 aliphatic heterocycles. The Morgan fingerprint density at radius 3 is 2.29 bits per heavy atom. The molecule has 1 unspecified atom stereocenters. The highest BCUT2D eigenvalue weighted by Gasteiger charge is 2.19. The zero-order chi connectivity index (χ0) is 12.6. The largest absolute Gasteiger partial charge is 0.111 e. The van der Waals surface area contributed by atoms with Gasteiger partial charge in [0.1, 0.15) is 0 Å². The van der Waals surface area contributed by atoms with Crippen LogP contribution in [0.25, 0.3) is 0 Å². The lowest BCUT2D eigenvalue weighted by Crippen LogP contribution is -1.92. The first-order valence-corrected chi connectivity index (χ1v) is 8.18. The van der Waals surface area contributed by atoms with Crippen molar-refractivity contribution in [2.45, 2.75) is 4.83 Å². The van der Waals surface area contributed by atoms with Crippen LogP contribution in [0.5, 0.6) is 0 Å². The van der Waals surface area contributed by atoms with E-state index in [4.69, 9.17) is 34.8 Å². The molecule has 6 heteroatoms. The van der Waals surface area contributed by atoms with Crippen LogP contribution in [0.2, 0.25) is 13.7 Å². The summed E-state index contributed by atoms with van der Waals surface area (Å²) in [5, 5.41) is 0.680. The van der Waals surface area contributed by atoms with Crippen LogP contribution in [-0.2, 0) is 0 Å². The summed E-state index contributed by atoms with van der Waals surface area (Å²) in [6, 6.07) is 7.60. The monoisotopic (exact) mass is 432 g/mol. The first kappa shape index (κ1) is 14.2. The van der Waals surface area contributed by atoms with E-state index in [2.05, 4.69) is 31.9 Å². The standard InChI is InChI=1S/C11H5Br2Cl3S/c12-5-1-2-6(8(14)3-5)10(13)7-4-9(15)17-11(7)16/h1-4,10H. The molecule has 1 atom stereocenters. The van der Waals surface area contributed by atoms with E-state index in [0.29, 0.717) is 13.7 Å². The zero-order valence-corrected chi connectivity index (χ0v) is 14.4. The first-order chi connectivity index (χ1) is 7.99. The summed E-state index contributed by atoms with van der Waals surface area (Å²) < 4.78 is 2.29. The molecule has 17 heavy (non-hydrogen) atoms. The van der Waals surface area contributed by atoms with Crippen molar-refractivity contribution in [2.75, 3.05) is 0 Å². The maximum Gasteiger partial charge on any atom is 0.0990 e. The molecular formula is C11H5Br2Cl3S. The molecule has 1 heterocycles. The number of thiophene rings is 1. The Morgan fingerprint density at radius 2 is 1.76 bits per heavy atom. The highest BCUT2D eigenvalue weighted by molar-refractivity contribution is 9.10. The summed E-state index contributed by atoms with van der Waals surface area (Å²) in [6.07, 6.45) is 0. The zero-order valence-electron chi connectivity index (χ0n) is 8.18. The van der Waals surface area contributed by atoms with Gasteiger partial charge in [-0.2, -0.15) is 0 Å². The smallest absolute Gasteiger partial charge is 0.0990 e. The minimum atomic E-state index is -0.0562. The van der Waals surface area contributed by atoms with Crippen LogP contribution in [0.3, 0.4) is 0 Å². The van der Waals surface area contributed by atoms with E-state index in [1.165, 1.54) is 11.3 Å². The lowest BCUT2D eigenvalue weighted by Gasteiger charge is -2.11. The molecule has 1 aromatic carbocycles. The lowest BCUT2D eigenvalue weighted by molar-refractivity contribution is 1.19. The number of alkyl halides is 1. The molecule has 0 aliphatic rings. The summed E-state index contributed by atoms with van der Waals surface area (Å²) >= 11 is 26.6. The van der Waals surface area contributed by atoms with E-state index in [1.807, 2.05) is 24.3 Å². The van der Waals surface area contributed by atoms with Gasteiger partial charge in [0, 0.05) is 15.1 Å². The Labute approximate surface area is 135 Å². The predicted molar refractivity (Wildman–Crippen MR) is 84.3 cm³/mol. The molecule has 0 aliphatic carbocycles. The Balaban J connectivity index is 2.43. The Kier molecular flexibility index (Phi) is 4.84. The summed E-state index contributed by atoms with van der Waals surface area (Å²) in [5.74, 6) is 0. The van der Waals surface area contributed by atoms with Gasteiger partial charge in [-0.25, -0.2) is 0 Å². The summed E-state index contributed by atoms with van der Waals surface area (Å²) in [5.41, 5.74) is 1.90. The van der Waals surface area contributed by atoms with E-state index in [-0.39, 0.29) is 4.83 Å². The van der Waals surface area contributed by atoms with Crippen molar-refractivity contribution in [3.63, 3.8) is 0 Å². The normalized spacial score (nSPS) is 12.8. The molecule has 0 nitrogen and oxygen atoms in total. The minimum absolute atomic E-state index is 0.0562. The number of rotatable bonds is 2. The van der Waals surface area contributed by atoms with Crippen LogP contribution < -0.4 is 0 Å². The van der Waals surface area contributed by atoms with Gasteiger partial charge in [-0.15, -0.1) is 11.3 Å². The SMILES string of the molecule is Clc1cc(C(Br)c2ccc(Br)cc2Cl)c(Cl)s1. The van der Waals surface area contributed by atoms with Gasteiger partial charge in [0.25, 0.3) is 0 Å². The lowest BCUT2D eigenvalue weighted by atomic mass is 10.1. The van der Waals surface area contributed by atoms with Crippen molar-refractivity contribution in [1.29, 1.82) is 0 Å². The van der Waals surface area contributed by atoms with Gasteiger partial charge < -0.3 is 0 Å². The Morgan fingerprint density at radius 1 is 1.06 bits per heavy atom. The quantitative estimate of drug-likeness (QED) is 0.448. The second-order valence-electron chi connectivity index (χ2n) is 3.31. The van der Waals surface area contributed by atoms with E-state index in [1.54, 1.807) is 0 Å². The van der Waals surface area contributed by atoms with Crippen LogP contribution in [0, 0.1) is 0 Å². The molecular weight excluding hydrogens is 430 g/mol. The fraction of sp³-hybridized carbons (Fsp3) is 0.0909. The minimum Gasteiger partial charge on any atom is -0.111 e. The molecule has 0 N–H and O–H groups in total. The third-order valence-electron chi connectivity index (χ3n) is 2.19. The van der Waals surface area contributed by atoms with Gasteiger partial charge in [-0.1, -0.05) is 72.7 Å². The number of hydrogen-bond donors (Lipinski definition) is 0. The molecule has 0 fully saturated rings. The van der Waals surface area contributed by atoms with E-state index < -0.39 is 0 Å². The van der Waals surface area contributed by atoms with Gasteiger partial charge in [0.05, 0.1) is 13.5 Å². The van der Waals surface area contributed by atoms with Crippen LogP contribution in [0.4, 0.5) is 0 Å². The maximum absolute atomic E-state index is 6.20. The van der Waals surface area contributed by atoms with E-state index in [0.717, 1.165) is 15.6 Å². The number of halogens is 5. The highest BCUT2D eigenvalue weighted by atomic mass is 79.9. The van der Waals surface area contributed by atoms with Crippen molar-refractivity contribution in [3.8, 4) is 0 Å². The molecule has 90 valence electrons. The summed E-state index contributed by atoms with van der Waals surface area (Å²) in [6.45, 7) is 0. The molecule has 0 bridgehead atoms. The van der Waals surface area contributed by atoms with Crippen LogP contribution in [-0.4, -0.2) is 0 Å². The third-order valence-corrected chi connectivity index (χ3v) is 5.52. The molecule has 0 spiro atoms. The molecule has 1 aromatic heterocycles. The van der Waals surface area contributed by atoms with Gasteiger partial charge in [-0.3, -0.25) is 0 Å². The second kappa shape index (κ2) is 5.81. The topological polar surface area (TPSA) is 0 Å². The van der Waals surface area contributed by atoms with Crippen molar-refractivity contribution in [1.82, 2.24) is 0 Å². The molecule has 0 saturated heterocycles. The Bertz CT molecular complexity index is 554. The number of benzene rings is 1. The van der Waals surface area contributed by atoms with Gasteiger partial charge in [0.2, 0.25) is 0 Å². The third kappa shape index (κ3) is 3.20. The van der Waals surface area contributed by atoms with Gasteiger partial charge in [-0.05, 0) is 23.8 Å². The van der Waals surface area contributed by atoms with Crippen molar-refractivity contribution in [3.05, 3.63) is 53.6 Å². The molecule has 2 rings (SSSR count). The van der Waals surface area contributed by atoms with Gasteiger partial charge >= 0.3 is 0 Å². The number of hydrogen-bond acceptors (Lipinski definition) is 1. The van der Waals surface area contributed by atoms with Gasteiger partial charge in [0.15, 0.2) is 0 Å². The van der Waals surface area contributed by atoms with Crippen LogP contribution in [0.15, 0.2) is 28.7 Å². The fourth-order valence-electron chi connectivity index (χ4n) is 1.40. The van der Waals surface area contributed by atoms with Crippen molar-refractivity contribution < 1.29 is 0 Å². The predicted octanol–water partition coefficient (Wildman–Crippen LogP) is 6.96. The summed E-state index contributed by atoms with van der Waals surface area (Å²) in [7, 11) is 0. The molecule has 0 radical (unpaired) electrons. The van der Waals surface area contributed by atoms with Crippen molar-refractivity contribution >= 4 is 78.0 Å². The van der Waals surface area contributed by atoms with Crippen LogP contribution in [0.1, 0.15) is 16.0 Å². The average Bonchev–Trinajstić information content (AvgIpc) is 2.57. The average molecular weight is 435 g/mol. The van der Waals surface area contributed by atoms with Crippen molar-refractivity contribution in [2.24, 2.45) is 0 Å². The fourth-order valence-corrected chi connectivity index (χ4v) is 4.89. The first-order valence-electron chi connectivity index (χ1n) is 4.53. The highest BCUT2D eigenvalue weighted by Crippen LogP contribution is 2.43. The maximum atomic E-state index is 6.20. The Hall–Kier alpha value is 0.750. The second-order valence-corrected chi connectivity index (χ2v) is 7.83. The van der Waals surface area contributed by atoms with Crippen LogP contribution >= 0.6 is 78.0 Å².